The van der Waals surface area contributed by atoms with Gasteiger partial charge in [-0.05, 0) is 18.0 Å². The Hall–Kier alpha value is -0.273. The van der Waals surface area contributed by atoms with Gasteiger partial charge in [-0.15, -0.1) is 0 Å². The second-order valence-electron chi connectivity index (χ2n) is 3.16. The van der Waals surface area contributed by atoms with Crippen molar-refractivity contribution in [2.45, 2.75) is 25.4 Å². The first-order valence-corrected chi connectivity index (χ1v) is 8.18. The van der Waals surface area contributed by atoms with Gasteiger partial charge in [-0.3, -0.25) is 0 Å². The monoisotopic (exact) mass is 198 g/mol. The van der Waals surface area contributed by atoms with Crippen LogP contribution in [0.5, 0.6) is 0 Å². The van der Waals surface area contributed by atoms with E-state index in [4.69, 9.17) is 11.1 Å². The molecule has 0 aliphatic carbocycles. The van der Waals surface area contributed by atoms with E-state index in [1.165, 1.54) is 24.4 Å². The van der Waals surface area contributed by atoms with E-state index in [1.54, 1.807) is 0 Å². The highest BCUT2D eigenvalue weighted by Crippen LogP contribution is 2.08. The third-order valence-corrected chi connectivity index (χ3v) is 3.77. The molecule has 1 aromatic rings. The maximum Gasteiger partial charge on any atom is 0.138 e. The van der Waals surface area contributed by atoms with E-state index in [-0.39, 0.29) is 0 Å². The van der Waals surface area contributed by atoms with Crippen molar-refractivity contribution >= 4 is 19.2 Å². The van der Waals surface area contributed by atoms with Gasteiger partial charge in [-0.1, -0.05) is 43.3 Å². The van der Waals surface area contributed by atoms with Gasteiger partial charge in [0.2, 0.25) is 0 Å². The summed E-state index contributed by atoms with van der Waals surface area (Å²) in [6, 6.07) is 11.9. The van der Waals surface area contributed by atoms with Gasteiger partial charge in [-0.25, -0.2) is 0 Å². The van der Waals surface area contributed by atoms with E-state index < -0.39 is 8.11 Å². The Balaban J connectivity index is 2.25. The Labute approximate surface area is 80.9 Å². The highest BCUT2D eigenvalue weighted by Gasteiger charge is 1.98. The van der Waals surface area contributed by atoms with Gasteiger partial charge in [0.15, 0.2) is 0 Å². The van der Waals surface area contributed by atoms with Crippen molar-refractivity contribution in [1.29, 1.82) is 0 Å². The minimum Gasteiger partial charge on any atom is -0.172 e. The Bertz CT molecular complexity index is 208. The van der Waals surface area contributed by atoms with Crippen LogP contribution in [0.3, 0.4) is 0 Å². The molecule has 12 heavy (non-hydrogen) atoms. The van der Waals surface area contributed by atoms with E-state index in [0.29, 0.717) is 0 Å². The van der Waals surface area contributed by atoms with Crippen LogP contribution in [0.15, 0.2) is 30.3 Å². The summed E-state index contributed by atoms with van der Waals surface area (Å²) in [6.07, 6.45) is 2.44. The zero-order valence-corrected chi connectivity index (χ0v) is 9.37. The van der Waals surface area contributed by atoms with Crippen LogP contribution in [-0.2, 0) is 6.42 Å². The summed E-state index contributed by atoms with van der Waals surface area (Å²) in [5, 5.41) is 0. The van der Waals surface area contributed by atoms with Crippen molar-refractivity contribution < 1.29 is 0 Å². The highest BCUT2D eigenvalue weighted by molar-refractivity contribution is 7.06. The molecule has 0 saturated heterocycles. The molecule has 66 valence electrons. The third-order valence-electron chi connectivity index (χ3n) is 1.91. The molecule has 0 nitrogen and oxygen atoms in total. The molecular formula is C10H15ClSi. The van der Waals surface area contributed by atoms with Gasteiger partial charge in [0, 0.05) is 0 Å². The predicted octanol–water partition coefficient (Wildman–Crippen LogP) is 3.21. The topological polar surface area (TPSA) is 0 Å². The number of rotatable bonds is 4. The molecule has 0 aliphatic heterocycles. The van der Waals surface area contributed by atoms with Gasteiger partial charge in [0.1, 0.15) is 8.11 Å². The lowest BCUT2D eigenvalue weighted by Crippen LogP contribution is -1.96. The molecule has 0 aliphatic rings. The molecule has 0 radical (unpaired) electrons. The molecule has 0 saturated carbocycles. The zero-order valence-electron chi connectivity index (χ0n) is 7.46. The Kier molecular flexibility index (Phi) is 4.40. The molecule has 0 heterocycles. The van der Waals surface area contributed by atoms with Crippen molar-refractivity contribution in [1.82, 2.24) is 0 Å². The summed E-state index contributed by atoms with van der Waals surface area (Å²) in [7, 11) is -0.839. The van der Waals surface area contributed by atoms with Gasteiger partial charge in [0.05, 0.1) is 0 Å². The quantitative estimate of drug-likeness (QED) is 0.515. The van der Waals surface area contributed by atoms with Crippen molar-refractivity contribution in [2.75, 3.05) is 0 Å². The Morgan fingerprint density at radius 1 is 1.25 bits per heavy atom. The molecule has 1 aromatic carbocycles. The number of halogens is 1. The molecule has 2 heteroatoms. The first-order chi connectivity index (χ1) is 5.79. The average Bonchev–Trinajstić information content (AvgIpc) is 2.05. The fourth-order valence-corrected chi connectivity index (χ4v) is 2.46. The average molecular weight is 199 g/mol. The number of hydrogen-bond acceptors (Lipinski definition) is 0. The molecule has 0 spiro atoms. The largest absolute Gasteiger partial charge is 0.172 e. The zero-order chi connectivity index (χ0) is 8.81. The molecule has 0 bridgehead atoms. The van der Waals surface area contributed by atoms with Crippen molar-refractivity contribution in [2.24, 2.45) is 0 Å². The standard InChI is InChI=1S/C10H15ClSi/c1-12(11)9-5-8-10-6-3-2-4-7-10/h2-4,6-7,12H,5,8-9H2,1H3. The van der Waals surface area contributed by atoms with Gasteiger partial charge in [0.25, 0.3) is 0 Å². The molecule has 0 N–H and O–H groups in total. The lowest BCUT2D eigenvalue weighted by molar-refractivity contribution is 0.913. The van der Waals surface area contributed by atoms with Crippen LogP contribution < -0.4 is 0 Å². The van der Waals surface area contributed by atoms with Crippen LogP contribution in [0, 0.1) is 0 Å². The van der Waals surface area contributed by atoms with E-state index in [0.717, 1.165) is 0 Å². The van der Waals surface area contributed by atoms with Crippen LogP contribution in [0.2, 0.25) is 12.6 Å². The van der Waals surface area contributed by atoms with Crippen LogP contribution in [0.4, 0.5) is 0 Å². The summed E-state index contributed by atoms with van der Waals surface area (Å²) >= 11 is 5.98. The predicted molar refractivity (Wildman–Crippen MR) is 58.4 cm³/mol. The minimum absolute atomic E-state index is 0.839. The summed E-state index contributed by atoms with van der Waals surface area (Å²) in [5.74, 6) is 0. The van der Waals surface area contributed by atoms with Crippen molar-refractivity contribution in [3.8, 4) is 0 Å². The summed E-state index contributed by atoms with van der Waals surface area (Å²) in [4.78, 5) is 0. The third kappa shape index (κ3) is 3.93. The van der Waals surface area contributed by atoms with Gasteiger partial charge >= 0.3 is 0 Å². The SMILES string of the molecule is C[SiH](Cl)CCCc1ccccc1. The molecule has 0 fully saturated rings. The van der Waals surface area contributed by atoms with Gasteiger partial charge in [-0.2, -0.15) is 11.1 Å². The van der Waals surface area contributed by atoms with Crippen LogP contribution in [0.1, 0.15) is 12.0 Å². The number of hydrogen-bond donors (Lipinski definition) is 0. The summed E-state index contributed by atoms with van der Waals surface area (Å²) in [5.41, 5.74) is 1.43. The van der Waals surface area contributed by atoms with E-state index in [1.807, 2.05) is 0 Å². The van der Waals surface area contributed by atoms with E-state index in [9.17, 15) is 0 Å². The lowest BCUT2D eigenvalue weighted by atomic mass is 10.1. The Morgan fingerprint density at radius 2 is 1.92 bits per heavy atom. The highest BCUT2D eigenvalue weighted by atomic mass is 35.6. The molecule has 1 rings (SSSR count). The second kappa shape index (κ2) is 5.39. The number of aryl methyl sites for hydroxylation is 1. The maximum absolute atomic E-state index is 5.98. The summed E-state index contributed by atoms with van der Waals surface area (Å²) in [6.45, 7) is 2.19. The van der Waals surface area contributed by atoms with Crippen LogP contribution in [0.25, 0.3) is 0 Å². The lowest BCUT2D eigenvalue weighted by Gasteiger charge is -2.01. The van der Waals surface area contributed by atoms with Crippen LogP contribution in [-0.4, -0.2) is 8.11 Å². The van der Waals surface area contributed by atoms with E-state index in [2.05, 4.69) is 36.9 Å². The summed E-state index contributed by atoms with van der Waals surface area (Å²) < 4.78 is 0. The van der Waals surface area contributed by atoms with Crippen molar-refractivity contribution in [3.63, 3.8) is 0 Å². The van der Waals surface area contributed by atoms with Crippen molar-refractivity contribution in [3.05, 3.63) is 35.9 Å². The fourth-order valence-electron chi connectivity index (χ4n) is 1.23. The number of benzene rings is 1. The first-order valence-electron chi connectivity index (χ1n) is 4.47. The molecular weight excluding hydrogens is 184 g/mol. The molecule has 1 atom stereocenters. The fraction of sp³-hybridized carbons (Fsp3) is 0.400. The minimum atomic E-state index is -0.839. The van der Waals surface area contributed by atoms with Gasteiger partial charge < -0.3 is 0 Å². The molecule has 0 aromatic heterocycles. The van der Waals surface area contributed by atoms with Crippen LogP contribution >= 0.6 is 11.1 Å². The molecule has 1 unspecified atom stereocenters. The van der Waals surface area contributed by atoms with E-state index >= 15 is 0 Å². The molecule has 0 amide bonds. The maximum atomic E-state index is 5.98. The smallest absolute Gasteiger partial charge is 0.138 e. The first kappa shape index (κ1) is 9.81. The Morgan fingerprint density at radius 3 is 2.50 bits per heavy atom. The normalized spacial score (nSPS) is 12.8. The second-order valence-corrected chi connectivity index (χ2v) is 7.53.